The van der Waals surface area contributed by atoms with Crippen LogP contribution in [0.5, 0.6) is 0 Å². The van der Waals surface area contributed by atoms with Gasteiger partial charge in [0.25, 0.3) is 5.56 Å². The number of anilines is 1. The number of aromatic nitrogens is 3. The van der Waals surface area contributed by atoms with Crippen molar-refractivity contribution in [2.45, 2.75) is 4.90 Å². The van der Waals surface area contributed by atoms with Gasteiger partial charge in [0.15, 0.2) is 0 Å². The molecule has 0 unspecified atom stereocenters. The highest BCUT2D eigenvalue weighted by Gasteiger charge is 2.21. The summed E-state index contributed by atoms with van der Waals surface area (Å²) in [7, 11) is -0.657. The first-order valence-electron chi connectivity index (χ1n) is 9.17. The van der Waals surface area contributed by atoms with Crippen molar-refractivity contribution in [1.82, 2.24) is 19.3 Å². The van der Waals surface area contributed by atoms with Crippen LogP contribution in [0.1, 0.15) is 5.56 Å². The minimum Gasteiger partial charge on any atom is -0.369 e. The average Bonchev–Trinajstić information content (AvgIpc) is 3.13. The van der Waals surface area contributed by atoms with Crippen LogP contribution in [0.15, 0.2) is 58.2 Å². The highest BCUT2D eigenvalue weighted by atomic mass is 32.2. The Morgan fingerprint density at radius 3 is 2.42 bits per heavy atom. The van der Waals surface area contributed by atoms with E-state index in [9.17, 15) is 18.5 Å². The van der Waals surface area contributed by atoms with Crippen molar-refractivity contribution in [1.29, 1.82) is 5.26 Å². The van der Waals surface area contributed by atoms with Gasteiger partial charge >= 0.3 is 0 Å². The molecule has 4 N–H and O–H groups in total. The number of hydrogen-bond acceptors (Lipinski definition) is 6. The Balaban J connectivity index is 2.00. The molecule has 4 rings (SSSR count). The second kappa shape index (κ2) is 7.39. The minimum atomic E-state index is -3.58. The number of rotatable bonds is 4. The molecule has 31 heavy (non-hydrogen) atoms. The summed E-state index contributed by atoms with van der Waals surface area (Å²) in [4.78, 5) is 22.7. The van der Waals surface area contributed by atoms with Crippen LogP contribution in [0.2, 0.25) is 0 Å². The number of sulfonamides is 1. The first-order valence-corrected chi connectivity index (χ1v) is 10.6. The van der Waals surface area contributed by atoms with Crippen LogP contribution >= 0.6 is 0 Å². The van der Waals surface area contributed by atoms with Gasteiger partial charge in [-0.2, -0.15) is 10.2 Å². The summed E-state index contributed by atoms with van der Waals surface area (Å²) in [6.07, 6.45) is 0. The molecule has 0 fully saturated rings. The van der Waals surface area contributed by atoms with Gasteiger partial charge in [-0.25, -0.2) is 12.7 Å². The first kappa shape index (κ1) is 20.3. The smallest absolute Gasteiger partial charge is 0.262 e. The second-order valence-electron chi connectivity index (χ2n) is 7.05. The third-order valence-electron chi connectivity index (χ3n) is 4.88. The molecule has 0 aliphatic heterocycles. The number of H-pyrrole nitrogens is 2. The number of aromatic amines is 2. The SMILES string of the molecule is CN(C)S(=O)(=O)c1ccc(-c2[nH]c3nc(N)[nH]c(=O)c3c2-c2cccc(C#N)c2)cc1. The lowest BCUT2D eigenvalue weighted by molar-refractivity contribution is 0.521. The first-order chi connectivity index (χ1) is 14.7. The van der Waals surface area contributed by atoms with Gasteiger partial charge in [0.2, 0.25) is 16.0 Å². The third-order valence-corrected chi connectivity index (χ3v) is 6.71. The molecule has 0 atom stereocenters. The maximum Gasteiger partial charge on any atom is 0.262 e. The highest BCUT2D eigenvalue weighted by Crippen LogP contribution is 2.37. The lowest BCUT2D eigenvalue weighted by atomic mass is 9.98. The quantitative estimate of drug-likeness (QED) is 0.449. The molecule has 0 amide bonds. The summed E-state index contributed by atoms with van der Waals surface area (Å²) in [5.41, 5.74) is 8.39. The van der Waals surface area contributed by atoms with Gasteiger partial charge < -0.3 is 10.7 Å². The monoisotopic (exact) mass is 434 g/mol. The molecule has 0 bridgehead atoms. The van der Waals surface area contributed by atoms with E-state index in [1.54, 1.807) is 36.4 Å². The fraction of sp³-hybridized carbons (Fsp3) is 0.0952. The van der Waals surface area contributed by atoms with Crippen molar-refractivity contribution in [2.24, 2.45) is 0 Å². The molecule has 0 aliphatic rings. The Kier molecular flexibility index (Phi) is 4.85. The van der Waals surface area contributed by atoms with Crippen LogP contribution in [-0.2, 0) is 10.0 Å². The van der Waals surface area contributed by atoms with E-state index in [0.29, 0.717) is 39.0 Å². The molecule has 0 saturated carbocycles. The van der Waals surface area contributed by atoms with E-state index < -0.39 is 15.6 Å². The number of nitrogens with two attached hydrogens (primary N) is 1. The molecule has 9 nitrogen and oxygen atoms in total. The van der Waals surface area contributed by atoms with Crippen LogP contribution in [-0.4, -0.2) is 41.8 Å². The molecular formula is C21H18N6O3S. The highest BCUT2D eigenvalue weighted by molar-refractivity contribution is 7.89. The largest absolute Gasteiger partial charge is 0.369 e. The zero-order chi connectivity index (χ0) is 22.3. The number of hydrogen-bond donors (Lipinski definition) is 3. The molecule has 2 aromatic heterocycles. The van der Waals surface area contributed by atoms with Crippen LogP contribution in [0, 0.1) is 11.3 Å². The maximum atomic E-state index is 12.7. The van der Waals surface area contributed by atoms with E-state index in [1.807, 2.05) is 0 Å². The number of nitriles is 1. The van der Waals surface area contributed by atoms with Gasteiger partial charge in [-0.3, -0.25) is 9.78 Å². The third kappa shape index (κ3) is 3.46. The minimum absolute atomic E-state index is 0.0324. The molecule has 2 aromatic carbocycles. The number of benzene rings is 2. The molecule has 2 heterocycles. The molecule has 4 aromatic rings. The molecule has 156 valence electrons. The summed E-state index contributed by atoms with van der Waals surface area (Å²) in [5, 5.41) is 9.58. The summed E-state index contributed by atoms with van der Waals surface area (Å²) < 4.78 is 25.9. The maximum absolute atomic E-state index is 12.7. The van der Waals surface area contributed by atoms with Gasteiger partial charge in [0.05, 0.1) is 27.6 Å². The van der Waals surface area contributed by atoms with Crippen molar-refractivity contribution in [3.05, 3.63) is 64.4 Å². The van der Waals surface area contributed by atoms with E-state index in [4.69, 9.17) is 5.73 Å². The van der Waals surface area contributed by atoms with E-state index >= 15 is 0 Å². The normalized spacial score (nSPS) is 11.7. The van der Waals surface area contributed by atoms with Crippen LogP contribution in [0.3, 0.4) is 0 Å². The van der Waals surface area contributed by atoms with Crippen molar-refractivity contribution in [2.75, 3.05) is 19.8 Å². The Labute approximate surface area is 177 Å². The summed E-state index contributed by atoms with van der Waals surface area (Å²) in [5.74, 6) is -0.0324. The number of nitrogens with zero attached hydrogens (tertiary/aromatic N) is 3. The number of fused-ring (bicyclic) bond motifs is 1. The van der Waals surface area contributed by atoms with Crippen molar-refractivity contribution >= 4 is 27.0 Å². The molecule has 0 aliphatic carbocycles. The number of nitrogen functional groups attached to an aromatic ring is 1. The van der Waals surface area contributed by atoms with Gasteiger partial charge in [-0.05, 0) is 35.4 Å². The predicted molar refractivity (Wildman–Crippen MR) is 118 cm³/mol. The Morgan fingerprint density at radius 2 is 1.77 bits per heavy atom. The van der Waals surface area contributed by atoms with E-state index in [2.05, 4.69) is 21.0 Å². The van der Waals surface area contributed by atoms with Crippen LogP contribution in [0.4, 0.5) is 5.95 Å². The summed E-state index contributed by atoms with van der Waals surface area (Å²) in [6.45, 7) is 0. The Morgan fingerprint density at radius 1 is 1.06 bits per heavy atom. The fourth-order valence-electron chi connectivity index (χ4n) is 3.37. The van der Waals surface area contributed by atoms with E-state index in [-0.39, 0.29) is 10.8 Å². The standard InChI is InChI=1S/C21H18N6O3S/c1-27(2)31(29,30)15-8-6-13(7-9-15)18-16(14-5-3-4-12(10-14)11-22)17-19(24-18)25-21(23)26-20(17)28/h3-10H,1-2H3,(H4,23,24,25,26,28). The second-order valence-corrected chi connectivity index (χ2v) is 9.21. The van der Waals surface area contributed by atoms with Crippen molar-refractivity contribution in [3.63, 3.8) is 0 Å². The molecule has 0 saturated heterocycles. The van der Waals surface area contributed by atoms with E-state index in [0.717, 1.165) is 4.31 Å². The van der Waals surface area contributed by atoms with Gasteiger partial charge in [-0.1, -0.05) is 24.3 Å². The number of nitrogens with one attached hydrogen (secondary N) is 2. The molecule has 0 radical (unpaired) electrons. The van der Waals surface area contributed by atoms with Crippen LogP contribution < -0.4 is 11.3 Å². The topological polar surface area (TPSA) is 149 Å². The molecule has 10 heteroatoms. The van der Waals surface area contributed by atoms with Crippen molar-refractivity contribution < 1.29 is 8.42 Å². The van der Waals surface area contributed by atoms with Gasteiger partial charge in [-0.15, -0.1) is 0 Å². The zero-order valence-corrected chi connectivity index (χ0v) is 17.5. The Hall–Kier alpha value is -3.94. The summed E-state index contributed by atoms with van der Waals surface area (Å²) >= 11 is 0. The lowest BCUT2D eigenvalue weighted by Crippen LogP contribution is -2.22. The zero-order valence-electron chi connectivity index (χ0n) is 16.7. The van der Waals surface area contributed by atoms with E-state index in [1.165, 1.54) is 26.2 Å². The van der Waals surface area contributed by atoms with Crippen molar-refractivity contribution in [3.8, 4) is 28.5 Å². The molecule has 0 spiro atoms. The van der Waals surface area contributed by atoms with Gasteiger partial charge in [0, 0.05) is 19.7 Å². The van der Waals surface area contributed by atoms with Crippen LogP contribution in [0.25, 0.3) is 33.4 Å². The fourth-order valence-corrected chi connectivity index (χ4v) is 4.27. The van der Waals surface area contributed by atoms with Gasteiger partial charge in [0.1, 0.15) is 5.65 Å². The summed E-state index contributed by atoms with van der Waals surface area (Å²) in [6, 6.07) is 15.2. The lowest BCUT2D eigenvalue weighted by Gasteiger charge is -2.12. The Bertz CT molecular complexity index is 1510. The predicted octanol–water partition coefficient (Wildman–Crippen LogP) is 2.29. The average molecular weight is 434 g/mol. The molecular weight excluding hydrogens is 416 g/mol.